The first-order chi connectivity index (χ1) is 9.72. The molecule has 0 aliphatic heterocycles. The minimum atomic E-state index is -4.12. The molecule has 2 N–H and O–H groups in total. The number of carboxylic acids is 1. The molecule has 21 heavy (non-hydrogen) atoms. The van der Waals surface area contributed by atoms with Crippen LogP contribution in [0.15, 0.2) is 38.2 Å². The van der Waals surface area contributed by atoms with Crippen molar-refractivity contribution in [2.45, 2.75) is 4.90 Å². The Labute approximate surface area is 137 Å². The van der Waals surface area contributed by atoms with E-state index in [0.717, 1.165) is 6.07 Å². The Hall–Kier alpha value is -1.22. The third-order valence-electron chi connectivity index (χ3n) is 2.35. The van der Waals surface area contributed by atoms with Gasteiger partial charge in [-0.15, -0.1) is 0 Å². The lowest BCUT2D eigenvalue weighted by atomic mass is 10.3. The fourth-order valence-corrected chi connectivity index (χ4v) is 4.07. The van der Waals surface area contributed by atoms with Gasteiger partial charge in [0.15, 0.2) is 4.67 Å². The van der Waals surface area contributed by atoms with Gasteiger partial charge < -0.3 is 9.52 Å². The summed E-state index contributed by atoms with van der Waals surface area (Å²) in [5.41, 5.74) is -0.00851. The number of halogens is 3. The molecule has 0 saturated carbocycles. The van der Waals surface area contributed by atoms with Crippen LogP contribution in [0, 0.1) is 0 Å². The Morgan fingerprint density at radius 1 is 1.29 bits per heavy atom. The topological polar surface area (TPSA) is 96.6 Å². The molecule has 6 nitrogen and oxygen atoms in total. The maximum absolute atomic E-state index is 12.3. The average molecular weight is 415 g/mol. The Balaban J connectivity index is 2.46. The summed E-state index contributed by atoms with van der Waals surface area (Å²) in [6.45, 7) is 0. The summed E-state index contributed by atoms with van der Waals surface area (Å²) in [5, 5.41) is 9.00. The van der Waals surface area contributed by atoms with Crippen LogP contribution in [0.2, 0.25) is 10.0 Å². The van der Waals surface area contributed by atoms with Crippen LogP contribution in [0.3, 0.4) is 0 Å². The smallest absolute Gasteiger partial charge is 0.371 e. The summed E-state index contributed by atoms with van der Waals surface area (Å²) >= 11 is 14.6. The number of hydrogen-bond donors (Lipinski definition) is 2. The van der Waals surface area contributed by atoms with Crippen LogP contribution in [0.5, 0.6) is 0 Å². The minimum absolute atomic E-state index is 0.00851. The molecule has 1 aromatic carbocycles. The summed E-state index contributed by atoms with van der Waals surface area (Å²) in [6, 6.07) is 5.34. The van der Waals surface area contributed by atoms with Crippen molar-refractivity contribution in [3.05, 3.63) is 44.7 Å². The van der Waals surface area contributed by atoms with E-state index in [9.17, 15) is 13.2 Å². The molecule has 0 amide bonds. The molecule has 0 spiro atoms. The molecule has 0 radical (unpaired) electrons. The maximum atomic E-state index is 12.3. The summed E-state index contributed by atoms with van der Waals surface area (Å²) < 4.78 is 31.2. The van der Waals surface area contributed by atoms with Crippen molar-refractivity contribution in [1.82, 2.24) is 0 Å². The monoisotopic (exact) mass is 413 g/mol. The van der Waals surface area contributed by atoms with Gasteiger partial charge in [-0.1, -0.05) is 29.3 Å². The van der Waals surface area contributed by atoms with Gasteiger partial charge in [0.05, 0.1) is 15.7 Å². The second-order valence-electron chi connectivity index (χ2n) is 3.76. The van der Waals surface area contributed by atoms with Gasteiger partial charge in [-0.2, -0.15) is 0 Å². The summed E-state index contributed by atoms with van der Waals surface area (Å²) in [6.07, 6.45) is 0. The van der Waals surface area contributed by atoms with Gasteiger partial charge in [0.25, 0.3) is 10.0 Å². The SMILES string of the molecule is O=C(O)c1cc(S(=O)(=O)Nc2c(Cl)cccc2Cl)c(Br)o1. The number of hydrogen-bond acceptors (Lipinski definition) is 4. The van der Waals surface area contributed by atoms with Crippen LogP contribution in [0.25, 0.3) is 0 Å². The molecule has 0 unspecified atom stereocenters. The number of nitrogens with one attached hydrogen (secondary N) is 1. The second kappa shape index (κ2) is 5.88. The molecule has 2 rings (SSSR count). The van der Waals surface area contributed by atoms with Crippen molar-refractivity contribution in [2.75, 3.05) is 4.72 Å². The molecular formula is C11H6BrCl2NO5S. The zero-order chi connectivity index (χ0) is 15.8. The first kappa shape index (κ1) is 16.2. The van der Waals surface area contributed by atoms with E-state index in [1.54, 1.807) is 6.07 Å². The van der Waals surface area contributed by atoms with Gasteiger partial charge in [-0.05, 0) is 28.1 Å². The molecule has 0 saturated heterocycles. The van der Waals surface area contributed by atoms with E-state index in [-0.39, 0.29) is 25.3 Å². The lowest BCUT2D eigenvalue weighted by molar-refractivity contribution is 0.0661. The van der Waals surface area contributed by atoms with Gasteiger partial charge in [-0.3, -0.25) is 4.72 Å². The normalized spacial score (nSPS) is 11.4. The summed E-state index contributed by atoms with van der Waals surface area (Å²) in [7, 11) is -4.12. The molecule has 0 fully saturated rings. The van der Waals surface area contributed by atoms with E-state index in [0.29, 0.717) is 0 Å². The molecule has 2 aromatic rings. The van der Waals surface area contributed by atoms with E-state index in [1.807, 2.05) is 0 Å². The van der Waals surface area contributed by atoms with Crippen LogP contribution in [0.1, 0.15) is 10.6 Å². The predicted molar refractivity (Wildman–Crippen MR) is 80.6 cm³/mol. The number of sulfonamides is 1. The second-order valence-corrected chi connectivity index (χ2v) is 6.94. The van der Waals surface area contributed by atoms with Crippen molar-refractivity contribution in [3.8, 4) is 0 Å². The molecule has 10 heteroatoms. The summed E-state index contributed by atoms with van der Waals surface area (Å²) in [5.74, 6) is -1.92. The largest absolute Gasteiger partial charge is 0.475 e. The highest BCUT2D eigenvalue weighted by Gasteiger charge is 2.26. The number of carbonyl (C=O) groups is 1. The third kappa shape index (κ3) is 3.34. The number of rotatable bonds is 4. The van der Waals surface area contributed by atoms with Crippen LogP contribution in [-0.2, 0) is 10.0 Å². The molecule has 1 heterocycles. The zero-order valence-corrected chi connectivity index (χ0v) is 13.8. The molecular weight excluding hydrogens is 409 g/mol. The van der Waals surface area contributed by atoms with E-state index in [2.05, 4.69) is 20.7 Å². The Morgan fingerprint density at radius 2 is 1.86 bits per heavy atom. The maximum Gasteiger partial charge on any atom is 0.371 e. The number of para-hydroxylation sites is 1. The third-order valence-corrected chi connectivity index (χ3v) is 5.19. The Kier molecular flexibility index (Phi) is 4.52. The minimum Gasteiger partial charge on any atom is -0.475 e. The average Bonchev–Trinajstić information content (AvgIpc) is 2.77. The van der Waals surface area contributed by atoms with Gasteiger partial charge in [0, 0.05) is 6.07 Å². The number of aromatic carboxylic acids is 1. The quantitative estimate of drug-likeness (QED) is 0.791. The Morgan fingerprint density at radius 3 is 2.33 bits per heavy atom. The summed E-state index contributed by atoms with van der Waals surface area (Å²) in [4.78, 5) is 10.4. The van der Waals surface area contributed by atoms with E-state index >= 15 is 0 Å². The number of carboxylic acid groups (broad SMARTS) is 1. The van der Waals surface area contributed by atoms with E-state index in [4.69, 9.17) is 32.7 Å². The standard InChI is InChI=1S/C11H6BrCl2NO5S/c12-10-8(4-7(20-10)11(16)17)21(18,19)15-9-5(13)2-1-3-6(9)14/h1-4,15H,(H,16,17). The molecule has 0 aliphatic rings. The van der Waals surface area contributed by atoms with Crippen LogP contribution in [-0.4, -0.2) is 19.5 Å². The molecule has 0 atom stereocenters. The van der Waals surface area contributed by atoms with Gasteiger partial charge in [-0.25, -0.2) is 13.2 Å². The fourth-order valence-electron chi connectivity index (χ4n) is 1.43. The number of benzene rings is 1. The number of furan rings is 1. The van der Waals surface area contributed by atoms with Crippen LogP contribution in [0.4, 0.5) is 5.69 Å². The van der Waals surface area contributed by atoms with Gasteiger partial charge >= 0.3 is 5.97 Å². The molecule has 112 valence electrons. The first-order valence-corrected chi connectivity index (χ1v) is 8.25. The highest BCUT2D eigenvalue weighted by molar-refractivity contribution is 9.10. The van der Waals surface area contributed by atoms with Gasteiger partial charge in [0.2, 0.25) is 5.76 Å². The van der Waals surface area contributed by atoms with E-state index in [1.165, 1.54) is 12.1 Å². The predicted octanol–water partition coefficient (Wildman–Crippen LogP) is 3.85. The van der Waals surface area contributed by atoms with Crippen molar-refractivity contribution in [2.24, 2.45) is 0 Å². The van der Waals surface area contributed by atoms with Crippen LogP contribution < -0.4 is 4.72 Å². The number of anilines is 1. The van der Waals surface area contributed by atoms with Crippen molar-refractivity contribution >= 4 is 60.8 Å². The van der Waals surface area contributed by atoms with Crippen LogP contribution >= 0.6 is 39.1 Å². The highest BCUT2D eigenvalue weighted by atomic mass is 79.9. The van der Waals surface area contributed by atoms with Crippen molar-refractivity contribution in [1.29, 1.82) is 0 Å². The van der Waals surface area contributed by atoms with Crippen molar-refractivity contribution < 1.29 is 22.7 Å². The lowest BCUT2D eigenvalue weighted by Gasteiger charge is -2.09. The molecule has 0 bridgehead atoms. The van der Waals surface area contributed by atoms with Gasteiger partial charge in [0.1, 0.15) is 4.90 Å². The lowest BCUT2D eigenvalue weighted by Crippen LogP contribution is -2.13. The Bertz CT molecular complexity index is 798. The zero-order valence-electron chi connectivity index (χ0n) is 9.93. The van der Waals surface area contributed by atoms with Crippen molar-refractivity contribution in [3.63, 3.8) is 0 Å². The first-order valence-electron chi connectivity index (χ1n) is 5.22. The molecule has 1 aromatic heterocycles. The highest BCUT2D eigenvalue weighted by Crippen LogP contribution is 2.34. The van der Waals surface area contributed by atoms with E-state index < -0.39 is 21.8 Å². The fraction of sp³-hybridized carbons (Fsp3) is 0. The molecule has 0 aliphatic carbocycles.